The smallest absolute Gasteiger partial charge is 0.271 e. The lowest BCUT2D eigenvalue weighted by molar-refractivity contribution is 0.0955. The number of carbonyl (C=O) groups is 1. The van der Waals surface area contributed by atoms with E-state index in [4.69, 9.17) is 16.3 Å². The molecule has 4 rings (SSSR count). The van der Waals surface area contributed by atoms with Crippen LogP contribution in [0.1, 0.15) is 27.0 Å². The van der Waals surface area contributed by atoms with E-state index in [1.165, 1.54) is 10.6 Å². The number of para-hydroxylation sites is 1. The van der Waals surface area contributed by atoms with Crippen LogP contribution in [0.2, 0.25) is 5.02 Å². The number of amides is 1. The summed E-state index contributed by atoms with van der Waals surface area (Å²) in [6, 6.07) is 30.4. The first-order valence-corrected chi connectivity index (χ1v) is 13.9. The van der Waals surface area contributed by atoms with E-state index in [-0.39, 0.29) is 12.5 Å². The van der Waals surface area contributed by atoms with Crippen LogP contribution < -0.4 is 14.5 Å². The van der Waals surface area contributed by atoms with Gasteiger partial charge in [0.05, 0.1) is 24.7 Å². The van der Waals surface area contributed by atoms with Crippen molar-refractivity contribution in [1.29, 1.82) is 0 Å². The molecule has 0 bridgehead atoms. The number of sulfonamides is 1. The molecule has 4 aromatic carbocycles. The number of halogens is 1. The molecule has 1 amide bonds. The van der Waals surface area contributed by atoms with E-state index >= 15 is 0 Å². The van der Waals surface area contributed by atoms with Crippen LogP contribution in [0.3, 0.4) is 0 Å². The number of ether oxygens (including phenoxy) is 1. The first kappa shape index (κ1) is 26.9. The van der Waals surface area contributed by atoms with E-state index in [2.05, 4.69) is 10.5 Å². The van der Waals surface area contributed by atoms with Gasteiger partial charge < -0.3 is 4.74 Å². The fourth-order valence-corrected chi connectivity index (χ4v) is 4.56. The van der Waals surface area contributed by atoms with E-state index in [9.17, 15) is 13.2 Å². The zero-order chi connectivity index (χ0) is 27.0. The minimum atomic E-state index is -3.48. The Morgan fingerprint density at radius 1 is 0.895 bits per heavy atom. The number of benzene rings is 4. The van der Waals surface area contributed by atoms with Crippen molar-refractivity contribution in [2.45, 2.75) is 13.2 Å². The van der Waals surface area contributed by atoms with Crippen molar-refractivity contribution in [2.75, 3.05) is 10.6 Å². The van der Waals surface area contributed by atoms with Gasteiger partial charge in [-0.05, 0) is 77.4 Å². The number of hydrogen-bond acceptors (Lipinski definition) is 5. The van der Waals surface area contributed by atoms with Gasteiger partial charge in [0.2, 0.25) is 10.0 Å². The molecular formula is C29H26ClN3O4S. The molecule has 0 saturated heterocycles. The lowest BCUT2D eigenvalue weighted by atomic mass is 10.1. The van der Waals surface area contributed by atoms with Crippen LogP contribution in [0, 0.1) is 0 Å². The highest BCUT2D eigenvalue weighted by Gasteiger charge is 2.17. The summed E-state index contributed by atoms with van der Waals surface area (Å²) in [7, 11) is -3.48. The molecule has 7 nitrogen and oxygen atoms in total. The van der Waals surface area contributed by atoms with Crippen molar-refractivity contribution in [3.05, 3.63) is 130 Å². The SMILES string of the molecule is CS(=O)(=O)N(Cc1ccc(C(=O)NN=Cc2ccc(OCc3ccc(Cl)cc3)cc2)cc1)c1ccccc1. The van der Waals surface area contributed by atoms with Crippen molar-refractivity contribution in [3.63, 3.8) is 0 Å². The highest BCUT2D eigenvalue weighted by atomic mass is 35.5. The summed E-state index contributed by atoms with van der Waals surface area (Å²) in [6.45, 7) is 0.584. The molecule has 9 heteroatoms. The summed E-state index contributed by atoms with van der Waals surface area (Å²) in [5.74, 6) is 0.335. The average molecular weight is 548 g/mol. The molecule has 0 saturated carbocycles. The average Bonchev–Trinajstić information content (AvgIpc) is 2.92. The molecule has 0 spiro atoms. The maximum Gasteiger partial charge on any atom is 0.271 e. The quantitative estimate of drug-likeness (QED) is 0.205. The van der Waals surface area contributed by atoms with E-state index in [1.54, 1.807) is 54.7 Å². The van der Waals surface area contributed by atoms with Gasteiger partial charge in [-0.15, -0.1) is 0 Å². The Morgan fingerprint density at radius 2 is 1.53 bits per heavy atom. The first-order valence-electron chi connectivity index (χ1n) is 11.7. The molecule has 0 fully saturated rings. The molecular weight excluding hydrogens is 522 g/mol. The van der Waals surface area contributed by atoms with Gasteiger partial charge in [0.15, 0.2) is 0 Å². The molecule has 0 aromatic heterocycles. The first-order chi connectivity index (χ1) is 18.3. The van der Waals surface area contributed by atoms with Crippen LogP contribution in [-0.4, -0.2) is 26.8 Å². The van der Waals surface area contributed by atoms with Crippen LogP contribution >= 0.6 is 11.6 Å². The number of nitrogens with one attached hydrogen (secondary N) is 1. The van der Waals surface area contributed by atoms with Crippen molar-refractivity contribution >= 4 is 39.4 Å². The molecule has 38 heavy (non-hydrogen) atoms. The van der Waals surface area contributed by atoms with Crippen molar-refractivity contribution in [1.82, 2.24) is 5.43 Å². The topological polar surface area (TPSA) is 88.1 Å². The van der Waals surface area contributed by atoms with Gasteiger partial charge in [-0.2, -0.15) is 5.10 Å². The Morgan fingerprint density at radius 3 is 2.16 bits per heavy atom. The molecule has 4 aromatic rings. The van der Waals surface area contributed by atoms with Gasteiger partial charge in [0.1, 0.15) is 12.4 Å². The second-order valence-electron chi connectivity index (χ2n) is 8.49. The van der Waals surface area contributed by atoms with Crippen molar-refractivity contribution in [3.8, 4) is 5.75 Å². The molecule has 0 aliphatic rings. The molecule has 0 radical (unpaired) electrons. The Bertz CT molecular complexity index is 1490. The fraction of sp³-hybridized carbons (Fsp3) is 0.103. The molecule has 0 unspecified atom stereocenters. The monoisotopic (exact) mass is 547 g/mol. The third-order valence-corrected chi connectivity index (χ3v) is 6.96. The summed E-state index contributed by atoms with van der Waals surface area (Å²) in [6.07, 6.45) is 2.71. The van der Waals surface area contributed by atoms with Gasteiger partial charge in [0.25, 0.3) is 5.91 Å². The Hall–Kier alpha value is -4.14. The van der Waals surface area contributed by atoms with Crippen LogP contribution in [0.4, 0.5) is 5.69 Å². The molecule has 0 aliphatic heterocycles. The van der Waals surface area contributed by atoms with E-state index in [0.29, 0.717) is 28.6 Å². The Labute approximate surface area is 227 Å². The standard InChI is InChI=1S/C29H26ClN3O4S/c1-38(35,36)33(27-5-3-2-4-6-27)20-23-7-13-25(14-8-23)29(34)32-31-19-22-11-17-28(18-12-22)37-21-24-9-15-26(30)16-10-24/h2-19H,20-21H2,1H3,(H,32,34). The maximum absolute atomic E-state index is 12.5. The van der Waals surface area contributed by atoms with Gasteiger partial charge in [-0.1, -0.05) is 54.1 Å². The number of hydrogen-bond donors (Lipinski definition) is 1. The molecule has 1 N–H and O–H groups in total. The van der Waals surface area contributed by atoms with E-state index in [1.807, 2.05) is 54.6 Å². The minimum Gasteiger partial charge on any atom is -0.489 e. The van der Waals surface area contributed by atoms with Gasteiger partial charge in [-0.3, -0.25) is 9.10 Å². The van der Waals surface area contributed by atoms with Crippen LogP contribution in [0.15, 0.2) is 108 Å². The highest BCUT2D eigenvalue weighted by Crippen LogP contribution is 2.20. The predicted molar refractivity (Wildman–Crippen MR) is 151 cm³/mol. The number of carbonyl (C=O) groups excluding carboxylic acids is 1. The Balaban J connectivity index is 1.30. The number of anilines is 1. The third kappa shape index (κ3) is 7.68. The van der Waals surface area contributed by atoms with Gasteiger partial charge in [0, 0.05) is 10.6 Å². The number of rotatable bonds is 10. The maximum atomic E-state index is 12.5. The third-order valence-electron chi connectivity index (χ3n) is 5.57. The minimum absolute atomic E-state index is 0.155. The second-order valence-corrected chi connectivity index (χ2v) is 10.8. The van der Waals surface area contributed by atoms with Gasteiger partial charge in [-0.25, -0.2) is 13.8 Å². The van der Waals surface area contributed by atoms with E-state index in [0.717, 1.165) is 16.7 Å². The lowest BCUT2D eigenvalue weighted by Crippen LogP contribution is -2.29. The van der Waals surface area contributed by atoms with Crippen molar-refractivity contribution in [2.24, 2.45) is 5.10 Å². The van der Waals surface area contributed by atoms with Crippen molar-refractivity contribution < 1.29 is 17.9 Å². The van der Waals surface area contributed by atoms with Crippen LogP contribution in [0.5, 0.6) is 5.75 Å². The zero-order valence-electron chi connectivity index (χ0n) is 20.6. The number of nitrogens with zero attached hydrogens (tertiary/aromatic N) is 2. The molecule has 194 valence electrons. The largest absolute Gasteiger partial charge is 0.489 e. The Kier molecular flexibility index (Phi) is 8.78. The van der Waals surface area contributed by atoms with Crippen LogP contribution in [-0.2, 0) is 23.2 Å². The summed E-state index contributed by atoms with van der Waals surface area (Å²) in [5, 5.41) is 4.71. The van der Waals surface area contributed by atoms with Gasteiger partial charge >= 0.3 is 0 Å². The second kappa shape index (κ2) is 12.4. The van der Waals surface area contributed by atoms with E-state index < -0.39 is 10.0 Å². The number of hydrazone groups is 1. The molecule has 0 atom stereocenters. The fourth-order valence-electron chi connectivity index (χ4n) is 3.55. The van der Waals surface area contributed by atoms with Crippen LogP contribution in [0.25, 0.3) is 0 Å². The summed E-state index contributed by atoms with van der Waals surface area (Å²) in [4.78, 5) is 12.5. The zero-order valence-corrected chi connectivity index (χ0v) is 22.2. The lowest BCUT2D eigenvalue weighted by Gasteiger charge is -2.22. The normalized spacial score (nSPS) is 11.3. The summed E-state index contributed by atoms with van der Waals surface area (Å²) in [5.41, 5.74) is 6.04. The predicted octanol–water partition coefficient (Wildman–Crippen LogP) is 5.65. The molecule has 0 aliphatic carbocycles. The summed E-state index contributed by atoms with van der Waals surface area (Å²) < 4.78 is 31.7. The summed E-state index contributed by atoms with van der Waals surface area (Å²) >= 11 is 5.90. The molecule has 0 heterocycles. The highest BCUT2D eigenvalue weighted by molar-refractivity contribution is 7.92.